The average Bonchev–Trinajstić information content (AvgIpc) is 2.29. The SMILES string of the molecule is CCCN(CCCN(C)C)c1ccc(N)cc1. The molecule has 0 amide bonds. The minimum absolute atomic E-state index is 0.832. The molecule has 1 aromatic carbocycles. The van der Waals surface area contributed by atoms with E-state index in [2.05, 4.69) is 43.0 Å². The van der Waals surface area contributed by atoms with E-state index in [4.69, 9.17) is 5.73 Å². The van der Waals surface area contributed by atoms with E-state index in [1.807, 2.05) is 12.1 Å². The Kier molecular flexibility index (Phi) is 5.84. The van der Waals surface area contributed by atoms with Gasteiger partial charge in [-0.3, -0.25) is 0 Å². The van der Waals surface area contributed by atoms with Crippen molar-refractivity contribution in [3.8, 4) is 0 Å². The third-order valence-electron chi connectivity index (χ3n) is 2.79. The minimum Gasteiger partial charge on any atom is -0.399 e. The molecule has 0 saturated carbocycles. The van der Waals surface area contributed by atoms with Gasteiger partial charge in [0.2, 0.25) is 0 Å². The van der Waals surface area contributed by atoms with E-state index in [-0.39, 0.29) is 0 Å². The molecular formula is C14H25N3. The Bertz CT molecular complexity index is 306. The van der Waals surface area contributed by atoms with Gasteiger partial charge in [0.15, 0.2) is 0 Å². The smallest absolute Gasteiger partial charge is 0.0367 e. The zero-order valence-electron chi connectivity index (χ0n) is 11.3. The highest BCUT2D eigenvalue weighted by atomic mass is 15.1. The summed E-state index contributed by atoms with van der Waals surface area (Å²) in [4.78, 5) is 4.66. The first-order chi connectivity index (χ1) is 8.13. The van der Waals surface area contributed by atoms with Crippen LogP contribution in [0.25, 0.3) is 0 Å². The Balaban J connectivity index is 2.55. The maximum absolute atomic E-state index is 5.72. The molecule has 2 N–H and O–H groups in total. The predicted molar refractivity (Wildman–Crippen MR) is 76.5 cm³/mol. The maximum Gasteiger partial charge on any atom is 0.0367 e. The van der Waals surface area contributed by atoms with Crippen LogP contribution in [0.15, 0.2) is 24.3 Å². The van der Waals surface area contributed by atoms with Crippen LogP contribution >= 0.6 is 0 Å². The molecule has 0 unspecified atom stereocenters. The second-order valence-corrected chi connectivity index (χ2v) is 4.74. The van der Waals surface area contributed by atoms with Crippen LogP contribution in [0, 0.1) is 0 Å². The number of anilines is 2. The lowest BCUT2D eigenvalue weighted by Crippen LogP contribution is -2.27. The van der Waals surface area contributed by atoms with Gasteiger partial charge < -0.3 is 15.5 Å². The molecule has 0 heterocycles. The lowest BCUT2D eigenvalue weighted by molar-refractivity contribution is 0.400. The molecule has 0 atom stereocenters. The fraction of sp³-hybridized carbons (Fsp3) is 0.571. The summed E-state index contributed by atoms with van der Waals surface area (Å²) in [6.45, 7) is 5.57. The number of hydrogen-bond acceptors (Lipinski definition) is 3. The summed E-state index contributed by atoms with van der Waals surface area (Å²) >= 11 is 0. The topological polar surface area (TPSA) is 32.5 Å². The average molecular weight is 235 g/mol. The lowest BCUT2D eigenvalue weighted by Gasteiger charge is -2.25. The Hall–Kier alpha value is -1.22. The molecular weight excluding hydrogens is 210 g/mol. The third-order valence-corrected chi connectivity index (χ3v) is 2.79. The van der Waals surface area contributed by atoms with Crippen molar-refractivity contribution in [3.63, 3.8) is 0 Å². The number of benzene rings is 1. The van der Waals surface area contributed by atoms with Gasteiger partial charge in [-0.1, -0.05) is 6.92 Å². The molecule has 1 rings (SSSR count). The van der Waals surface area contributed by atoms with Gasteiger partial charge in [0, 0.05) is 24.5 Å². The summed E-state index contributed by atoms with van der Waals surface area (Å²) in [6.07, 6.45) is 2.36. The van der Waals surface area contributed by atoms with E-state index in [0.717, 1.165) is 25.3 Å². The second-order valence-electron chi connectivity index (χ2n) is 4.74. The van der Waals surface area contributed by atoms with E-state index >= 15 is 0 Å². The molecule has 0 aromatic heterocycles. The zero-order chi connectivity index (χ0) is 12.7. The van der Waals surface area contributed by atoms with E-state index in [9.17, 15) is 0 Å². The van der Waals surface area contributed by atoms with Crippen molar-refractivity contribution in [1.82, 2.24) is 4.90 Å². The van der Waals surface area contributed by atoms with Gasteiger partial charge in [0.25, 0.3) is 0 Å². The van der Waals surface area contributed by atoms with Crippen molar-refractivity contribution in [2.24, 2.45) is 0 Å². The van der Waals surface area contributed by atoms with Crippen LogP contribution in [-0.4, -0.2) is 38.6 Å². The largest absolute Gasteiger partial charge is 0.399 e. The Morgan fingerprint density at radius 2 is 1.65 bits per heavy atom. The third kappa shape index (κ3) is 5.09. The zero-order valence-corrected chi connectivity index (χ0v) is 11.3. The van der Waals surface area contributed by atoms with Crippen LogP contribution in [0.2, 0.25) is 0 Å². The molecule has 0 fully saturated rings. The molecule has 0 radical (unpaired) electrons. The number of nitrogens with two attached hydrogens (primary N) is 1. The molecule has 1 aromatic rings. The first-order valence-electron chi connectivity index (χ1n) is 6.38. The molecule has 3 nitrogen and oxygen atoms in total. The monoisotopic (exact) mass is 235 g/mol. The van der Waals surface area contributed by atoms with Crippen LogP contribution in [-0.2, 0) is 0 Å². The Morgan fingerprint density at radius 1 is 1.00 bits per heavy atom. The molecule has 96 valence electrons. The van der Waals surface area contributed by atoms with Gasteiger partial charge >= 0.3 is 0 Å². The highest BCUT2D eigenvalue weighted by Gasteiger charge is 2.05. The first-order valence-corrected chi connectivity index (χ1v) is 6.38. The van der Waals surface area contributed by atoms with Gasteiger partial charge in [-0.05, 0) is 57.7 Å². The van der Waals surface area contributed by atoms with Crippen molar-refractivity contribution in [1.29, 1.82) is 0 Å². The standard InChI is InChI=1S/C14H25N3/c1-4-10-17(12-5-11-16(2)3)14-8-6-13(15)7-9-14/h6-9H,4-5,10-12,15H2,1-3H3. The van der Waals surface area contributed by atoms with Crippen LogP contribution in [0.3, 0.4) is 0 Å². The van der Waals surface area contributed by atoms with E-state index in [0.29, 0.717) is 0 Å². The summed E-state index contributed by atoms with van der Waals surface area (Å²) < 4.78 is 0. The van der Waals surface area contributed by atoms with E-state index < -0.39 is 0 Å². The van der Waals surface area contributed by atoms with Crippen molar-refractivity contribution in [2.75, 3.05) is 44.4 Å². The maximum atomic E-state index is 5.72. The summed E-state index contributed by atoms with van der Waals surface area (Å²) in [5.41, 5.74) is 7.82. The molecule has 0 saturated heterocycles. The highest BCUT2D eigenvalue weighted by Crippen LogP contribution is 2.16. The Labute approximate surface area is 105 Å². The summed E-state index contributed by atoms with van der Waals surface area (Å²) in [7, 11) is 4.24. The van der Waals surface area contributed by atoms with Crippen molar-refractivity contribution in [2.45, 2.75) is 19.8 Å². The van der Waals surface area contributed by atoms with Crippen molar-refractivity contribution < 1.29 is 0 Å². The fourth-order valence-electron chi connectivity index (χ4n) is 1.90. The predicted octanol–water partition coefficient (Wildman–Crippen LogP) is 2.44. The second kappa shape index (κ2) is 7.17. The molecule has 0 aliphatic carbocycles. The molecule has 0 spiro atoms. The highest BCUT2D eigenvalue weighted by molar-refractivity contribution is 5.53. The first kappa shape index (κ1) is 13.8. The van der Waals surface area contributed by atoms with Gasteiger partial charge in [0.1, 0.15) is 0 Å². The number of hydrogen-bond donors (Lipinski definition) is 1. The Morgan fingerprint density at radius 3 is 2.18 bits per heavy atom. The number of nitrogens with zero attached hydrogens (tertiary/aromatic N) is 2. The minimum atomic E-state index is 0.832. The van der Waals surface area contributed by atoms with Gasteiger partial charge in [0.05, 0.1) is 0 Å². The molecule has 0 aliphatic heterocycles. The summed E-state index contributed by atoms with van der Waals surface area (Å²) in [5, 5.41) is 0. The van der Waals surface area contributed by atoms with E-state index in [1.54, 1.807) is 0 Å². The molecule has 17 heavy (non-hydrogen) atoms. The quantitative estimate of drug-likeness (QED) is 0.737. The summed E-state index contributed by atoms with van der Waals surface area (Å²) in [5.74, 6) is 0. The van der Waals surface area contributed by atoms with E-state index in [1.165, 1.54) is 18.5 Å². The van der Waals surface area contributed by atoms with Crippen LogP contribution in [0.4, 0.5) is 11.4 Å². The van der Waals surface area contributed by atoms with Crippen molar-refractivity contribution >= 4 is 11.4 Å². The van der Waals surface area contributed by atoms with Crippen LogP contribution in [0.5, 0.6) is 0 Å². The molecule has 3 heteroatoms. The summed E-state index contributed by atoms with van der Waals surface area (Å²) in [6, 6.07) is 8.18. The van der Waals surface area contributed by atoms with Gasteiger partial charge in [-0.25, -0.2) is 0 Å². The number of nitrogen functional groups attached to an aromatic ring is 1. The lowest BCUT2D eigenvalue weighted by atomic mass is 10.2. The van der Waals surface area contributed by atoms with Crippen LogP contribution in [0.1, 0.15) is 19.8 Å². The van der Waals surface area contributed by atoms with Gasteiger partial charge in [-0.2, -0.15) is 0 Å². The van der Waals surface area contributed by atoms with Gasteiger partial charge in [-0.15, -0.1) is 0 Å². The van der Waals surface area contributed by atoms with Crippen LogP contribution < -0.4 is 10.6 Å². The van der Waals surface area contributed by atoms with Crippen molar-refractivity contribution in [3.05, 3.63) is 24.3 Å². The number of rotatable bonds is 7. The fourth-order valence-corrected chi connectivity index (χ4v) is 1.90. The molecule has 0 bridgehead atoms. The molecule has 0 aliphatic rings. The normalized spacial score (nSPS) is 10.8.